The second-order valence-corrected chi connectivity index (χ2v) is 4.90. The molecule has 23 heavy (non-hydrogen) atoms. The van der Waals surface area contributed by atoms with Crippen molar-refractivity contribution in [3.63, 3.8) is 0 Å². The highest BCUT2D eigenvalue weighted by molar-refractivity contribution is 6.03. The highest BCUT2D eigenvalue weighted by atomic mass is 16.7. The summed E-state index contributed by atoms with van der Waals surface area (Å²) in [5, 5.41) is 9.62. The lowest BCUT2D eigenvalue weighted by Gasteiger charge is -2.04. The molecule has 2 N–H and O–H groups in total. The fourth-order valence-electron chi connectivity index (χ4n) is 2.26. The Bertz CT molecular complexity index is 861. The lowest BCUT2D eigenvalue weighted by atomic mass is 10.2. The van der Waals surface area contributed by atoms with E-state index < -0.39 is 0 Å². The number of rotatable bonds is 3. The quantitative estimate of drug-likeness (QED) is 0.776. The number of carbonyl (C=O) groups is 1. The number of hydrogen-bond acceptors (Lipinski definition) is 5. The molecular formula is C16H12N4O3. The van der Waals surface area contributed by atoms with Gasteiger partial charge in [-0.2, -0.15) is 5.10 Å². The van der Waals surface area contributed by atoms with Gasteiger partial charge in [0.05, 0.1) is 5.69 Å². The van der Waals surface area contributed by atoms with Crippen molar-refractivity contribution in [1.82, 2.24) is 15.2 Å². The van der Waals surface area contributed by atoms with E-state index in [9.17, 15) is 4.79 Å². The molecule has 1 aliphatic heterocycles. The van der Waals surface area contributed by atoms with Crippen LogP contribution in [0.2, 0.25) is 0 Å². The molecule has 0 saturated carbocycles. The van der Waals surface area contributed by atoms with Gasteiger partial charge in [-0.15, -0.1) is 0 Å². The molecule has 0 unspecified atom stereocenters. The second-order valence-electron chi connectivity index (χ2n) is 4.90. The standard InChI is InChI=1S/C16H12N4O3/c21-16(18-10-4-5-14-15(7-10)23-9-22-14)13-8-12(19-20-13)11-3-1-2-6-17-11/h1-8H,9H2,(H,18,21)(H,19,20). The van der Waals surface area contributed by atoms with E-state index in [1.165, 1.54) is 0 Å². The number of nitrogens with one attached hydrogen (secondary N) is 2. The molecule has 1 amide bonds. The molecule has 7 heteroatoms. The number of carbonyl (C=O) groups excluding carboxylic acids is 1. The summed E-state index contributed by atoms with van der Waals surface area (Å²) in [5.74, 6) is 0.988. The second kappa shape index (κ2) is 5.45. The summed E-state index contributed by atoms with van der Waals surface area (Å²) < 4.78 is 10.5. The minimum Gasteiger partial charge on any atom is -0.454 e. The number of fused-ring (bicyclic) bond motifs is 1. The highest BCUT2D eigenvalue weighted by Gasteiger charge is 2.16. The van der Waals surface area contributed by atoms with Crippen LogP contribution in [-0.2, 0) is 0 Å². The van der Waals surface area contributed by atoms with Gasteiger partial charge >= 0.3 is 0 Å². The van der Waals surface area contributed by atoms with Crippen LogP contribution in [0.15, 0.2) is 48.7 Å². The number of ether oxygens (including phenoxy) is 2. The van der Waals surface area contributed by atoms with E-state index >= 15 is 0 Å². The number of hydrogen-bond donors (Lipinski definition) is 2. The first-order valence-electron chi connectivity index (χ1n) is 6.97. The predicted molar refractivity (Wildman–Crippen MR) is 82.3 cm³/mol. The Morgan fingerprint density at radius 2 is 2.00 bits per heavy atom. The lowest BCUT2D eigenvalue weighted by molar-refractivity contribution is 0.102. The summed E-state index contributed by atoms with van der Waals surface area (Å²) in [6.45, 7) is 0.195. The number of aromatic nitrogens is 3. The van der Waals surface area contributed by atoms with Crippen LogP contribution in [0.25, 0.3) is 11.4 Å². The molecule has 3 aromatic rings. The molecule has 1 aromatic carbocycles. The van der Waals surface area contributed by atoms with Crippen molar-refractivity contribution in [3.8, 4) is 22.9 Å². The molecule has 0 saturated heterocycles. The third-order valence-electron chi connectivity index (χ3n) is 3.38. The molecule has 0 atom stereocenters. The van der Waals surface area contributed by atoms with Gasteiger partial charge in [0.1, 0.15) is 11.4 Å². The molecule has 0 aliphatic carbocycles. The molecule has 4 rings (SSSR count). The van der Waals surface area contributed by atoms with Crippen molar-refractivity contribution >= 4 is 11.6 Å². The number of pyridine rings is 1. The van der Waals surface area contributed by atoms with Gasteiger partial charge in [-0.1, -0.05) is 6.07 Å². The van der Waals surface area contributed by atoms with Crippen molar-refractivity contribution in [2.24, 2.45) is 0 Å². The summed E-state index contributed by atoms with van der Waals surface area (Å²) in [5.41, 5.74) is 2.28. The van der Waals surface area contributed by atoms with E-state index in [4.69, 9.17) is 9.47 Å². The Kier molecular flexibility index (Phi) is 3.16. The van der Waals surface area contributed by atoms with Gasteiger partial charge in [-0.05, 0) is 30.3 Å². The maximum absolute atomic E-state index is 12.3. The maximum atomic E-state index is 12.3. The van der Waals surface area contributed by atoms with Gasteiger partial charge in [0, 0.05) is 18.0 Å². The zero-order valence-corrected chi connectivity index (χ0v) is 11.9. The van der Waals surface area contributed by atoms with Crippen LogP contribution in [0.3, 0.4) is 0 Å². The molecule has 2 aromatic heterocycles. The first-order chi connectivity index (χ1) is 11.3. The van der Waals surface area contributed by atoms with E-state index in [-0.39, 0.29) is 12.7 Å². The summed E-state index contributed by atoms with van der Waals surface area (Å²) in [6.07, 6.45) is 1.68. The Labute approximate surface area is 131 Å². The van der Waals surface area contributed by atoms with Crippen molar-refractivity contribution in [2.75, 3.05) is 12.1 Å². The third kappa shape index (κ3) is 2.59. The summed E-state index contributed by atoms with van der Waals surface area (Å²) in [6, 6.07) is 12.4. The Hall–Kier alpha value is -3.35. The van der Waals surface area contributed by atoms with Gasteiger partial charge < -0.3 is 14.8 Å². The number of nitrogens with zero attached hydrogens (tertiary/aromatic N) is 2. The maximum Gasteiger partial charge on any atom is 0.273 e. The molecule has 0 bridgehead atoms. The minimum absolute atomic E-state index is 0.195. The zero-order valence-electron chi connectivity index (χ0n) is 11.9. The van der Waals surface area contributed by atoms with Crippen molar-refractivity contribution < 1.29 is 14.3 Å². The highest BCUT2D eigenvalue weighted by Crippen LogP contribution is 2.34. The molecule has 7 nitrogen and oxygen atoms in total. The molecular weight excluding hydrogens is 296 g/mol. The van der Waals surface area contributed by atoms with Gasteiger partial charge in [-0.3, -0.25) is 14.9 Å². The van der Waals surface area contributed by atoms with Crippen LogP contribution in [0.4, 0.5) is 5.69 Å². The number of benzene rings is 1. The van der Waals surface area contributed by atoms with Crippen molar-refractivity contribution in [3.05, 3.63) is 54.4 Å². The molecule has 0 radical (unpaired) electrons. The van der Waals surface area contributed by atoms with Crippen LogP contribution in [0, 0.1) is 0 Å². The van der Waals surface area contributed by atoms with Crippen molar-refractivity contribution in [2.45, 2.75) is 0 Å². The number of amides is 1. The van der Waals surface area contributed by atoms with Gasteiger partial charge in [0.2, 0.25) is 6.79 Å². The van der Waals surface area contributed by atoms with Gasteiger partial charge in [-0.25, -0.2) is 0 Å². The molecule has 114 valence electrons. The third-order valence-corrected chi connectivity index (χ3v) is 3.38. The lowest BCUT2D eigenvalue weighted by Crippen LogP contribution is -2.12. The Balaban J connectivity index is 1.52. The molecule has 1 aliphatic rings. The fourth-order valence-corrected chi connectivity index (χ4v) is 2.26. The molecule has 0 fully saturated rings. The predicted octanol–water partition coefficient (Wildman–Crippen LogP) is 2.45. The summed E-state index contributed by atoms with van der Waals surface area (Å²) in [7, 11) is 0. The van der Waals surface area contributed by atoms with E-state index in [1.807, 2.05) is 18.2 Å². The largest absolute Gasteiger partial charge is 0.454 e. The van der Waals surface area contributed by atoms with Gasteiger partial charge in [0.15, 0.2) is 11.5 Å². The Morgan fingerprint density at radius 1 is 1.09 bits per heavy atom. The average molecular weight is 308 g/mol. The van der Waals surface area contributed by atoms with E-state index in [2.05, 4.69) is 20.5 Å². The van der Waals surface area contributed by atoms with E-state index in [0.29, 0.717) is 34.3 Å². The number of H-pyrrole nitrogens is 1. The van der Waals surface area contributed by atoms with Crippen LogP contribution >= 0.6 is 0 Å². The first-order valence-corrected chi connectivity index (χ1v) is 6.97. The van der Waals surface area contributed by atoms with E-state index in [1.54, 1.807) is 30.5 Å². The normalized spacial score (nSPS) is 12.2. The Morgan fingerprint density at radius 3 is 2.87 bits per heavy atom. The monoisotopic (exact) mass is 308 g/mol. The zero-order chi connectivity index (χ0) is 15.6. The number of aromatic amines is 1. The minimum atomic E-state index is -0.293. The molecule has 0 spiro atoms. The summed E-state index contributed by atoms with van der Waals surface area (Å²) >= 11 is 0. The van der Waals surface area contributed by atoms with E-state index in [0.717, 1.165) is 0 Å². The smallest absolute Gasteiger partial charge is 0.273 e. The van der Waals surface area contributed by atoms with Crippen molar-refractivity contribution in [1.29, 1.82) is 0 Å². The first kappa shape index (κ1) is 13.3. The van der Waals surface area contributed by atoms with Crippen LogP contribution in [0.1, 0.15) is 10.5 Å². The van der Waals surface area contributed by atoms with Gasteiger partial charge in [0.25, 0.3) is 5.91 Å². The topological polar surface area (TPSA) is 89.1 Å². The fraction of sp³-hybridized carbons (Fsp3) is 0.0625. The summed E-state index contributed by atoms with van der Waals surface area (Å²) in [4.78, 5) is 16.5. The SMILES string of the molecule is O=C(Nc1ccc2c(c1)OCO2)c1cc(-c2ccccn2)n[nH]1. The van der Waals surface area contributed by atoms with Crippen LogP contribution in [-0.4, -0.2) is 27.9 Å². The average Bonchev–Trinajstić information content (AvgIpc) is 3.24. The van der Waals surface area contributed by atoms with Crippen LogP contribution in [0.5, 0.6) is 11.5 Å². The van der Waals surface area contributed by atoms with Crippen LogP contribution < -0.4 is 14.8 Å². The molecule has 3 heterocycles. The number of anilines is 1.